The summed E-state index contributed by atoms with van der Waals surface area (Å²) in [5.41, 5.74) is 4.36. The highest BCUT2D eigenvalue weighted by Gasteiger charge is 2.29. The quantitative estimate of drug-likeness (QED) is 0.508. The Morgan fingerprint density at radius 3 is 2.12 bits per heavy atom. The van der Waals surface area contributed by atoms with Gasteiger partial charge in [-0.3, -0.25) is 10.0 Å². The van der Waals surface area contributed by atoms with E-state index in [1.54, 1.807) is 18.2 Å². The number of para-hydroxylation sites is 2. The minimum Gasteiger partial charge on any atom is -0.271 e. The molecular weight excluding hydrogens is 326 g/mol. The molecule has 4 aromatic carbocycles. The molecule has 0 fully saturated rings. The van der Waals surface area contributed by atoms with Crippen molar-refractivity contribution in [2.45, 2.75) is 0 Å². The third kappa shape index (κ3) is 2.23. The predicted octanol–water partition coefficient (Wildman–Crippen LogP) is 4.27. The van der Waals surface area contributed by atoms with Gasteiger partial charge in [0.05, 0.1) is 5.69 Å². The van der Waals surface area contributed by atoms with Crippen molar-refractivity contribution in [3.8, 4) is 0 Å². The first-order chi connectivity index (χ1) is 12.7. The molecule has 5 heteroatoms. The fraction of sp³-hybridized carbons (Fsp3) is 0. The molecule has 0 bridgehead atoms. The number of carbonyl (C=O) groups is 1. The van der Waals surface area contributed by atoms with Gasteiger partial charge in [0.25, 0.3) is 5.91 Å². The zero-order valence-corrected chi connectivity index (χ0v) is 13.8. The lowest BCUT2D eigenvalue weighted by molar-refractivity contribution is 0.0957. The first-order valence-corrected chi connectivity index (χ1v) is 8.32. The molecule has 4 aromatic rings. The molecule has 0 saturated heterocycles. The fourth-order valence-corrected chi connectivity index (χ4v) is 3.39. The van der Waals surface area contributed by atoms with Gasteiger partial charge in [-0.25, -0.2) is 5.01 Å². The number of rotatable bonds is 1. The monoisotopic (exact) mass is 341 g/mol. The summed E-state index contributed by atoms with van der Waals surface area (Å²) in [5.74, 6) is -0.232. The zero-order valence-electron chi connectivity index (χ0n) is 13.8. The van der Waals surface area contributed by atoms with Crippen molar-refractivity contribution in [3.63, 3.8) is 0 Å². The van der Waals surface area contributed by atoms with Gasteiger partial charge in [-0.2, -0.15) is 5.17 Å². The number of anilines is 2. The van der Waals surface area contributed by atoms with Gasteiger partial charge < -0.3 is 0 Å². The lowest BCUT2D eigenvalue weighted by Gasteiger charge is -2.17. The Kier molecular flexibility index (Phi) is 3.18. The molecule has 1 aliphatic heterocycles. The molecule has 0 saturated carbocycles. The van der Waals surface area contributed by atoms with E-state index in [9.17, 15) is 10.0 Å². The molecule has 1 heterocycles. The molecule has 0 unspecified atom stereocenters. The average molecular weight is 341 g/mol. The van der Waals surface area contributed by atoms with Gasteiger partial charge in [0.1, 0.15) is 5.69 Å². The first kappa shape index (κ1) is 14.9. The molecule has 0 aromatic heterocycles. The number of fused-ring (bicyclic) bond motifs is 3. The lowest BCUT2D eigenvalue weighted by Crippen LogP contribution is -2.46. The van der Waals surface area contributed by atoms with Gasteiger partial charge in [-0.1, -0.05) is 42.5 Å². The third-order valence-electron chi connectivity index (χ3n) is 4.70. The Labute approximate surface area is 149 Å². The van der Waals surface area contributed by atoms with Crippen molar-refractivity contribution in [1.29, 1.82) is 0 Å². The molecule has 2 N–H and O–H groups in total. The topological polar surface area (TPSA) is 55.8 Å². The van der Waals surface area contributed by atoms with Gasteiger partial charge in [0, 0.05) is 5.56 Å². The second kappa shape index (κ2) is 5.56. The average Bonchev–Trinajstić information content (AvgIpc) is 3.02. The number of hydrazine groups is 2. The Bertz CT molecular complexity index is 1170. The van der Waals surface area contributed by atoms with E-state index in [-0.39, 0.29) is 5.91 Å². The molecular formula is C21H15N3O2. The van der Waals surface area contributed by atoms with Crippen molar-refractivity contribution in [1.82, 2.24) is 5.53 Å². The van der Waals surface area contributed by atoms with Crippen LogP contribution >= 0.6 is 0 Å². The zero-order chi connectivity index (χ0) is 17.7. The maximum Gasteiger partial charge on any atom is 0.274 e. The smallest absolute Gasteiger partial charge is 0.271 e. The molecule has 0 spiro atoms. The number of hydrogen-bond acceptors (Lipinski definition) is 4. The maximum absolute atomic E-state index is 13.0. The van der Waals surface area contributed by atoms with E-state index in [1.807, 2.05) is 36.4 Å². The van der Waals surface area contributed by atoms with Gasteiger partial charge in [0.2, 0.25) is 0 Å². The first-order valence-electron chi connectivity index (χ1n) is 8.32. The molecule has 1 amide bonds. The highest BCUT2D eigenvalue weighted by atomic mass is 16.6. The molecule has 126 valence electrons. The van der Waals surface area contributed by atoms with Crippen LogP contribution in [0.2, 0.25) is 0 Å². The summed E-state index contributed by atoms with van der Waals surface area (Å²) in [6, 6.07) is 25.2. The van der Waals surface area contributed by atoms with Gasteiger partial charge in [-0.05, 0) is 57.9 Å². The van der Waals surface area contributed by atoms with E-state index in [1.165, 1.54) is 10.4 Å². The van der Waals surface area contributed by atoms with Gasteiger partial charge in [0.15, 0.2) is 0 Å². The Morgan fingerprint density at radius 1 is 0.731 bits per heavy atom. The van der Waals surface area contributed by atoms with Crippen LogP contribution in [0, 0.1) is 0 Å². The standard InChI is InChI=1S/C21H15N3O2/c25-21(23-19-7-3-4-8-20(19)24(26)22-23)17-10-9-16-11-14-5-1-2-6-15(14)12-18(16)13-17/h1-13,22,26H. The number of nitrogens with one attached hydrogen (secondary N) is 1. The van der Waals surface area contributed by atoms with Crippen molar-refractivity contribution >= 4 is 38.8 Å². The minimum atomic E-state index is -0.232. The third-order valence-corrected chi connectivity index (χ3v) is 4.70. The molecule has 0 radical (unpaired) electrons. The second-order valence-corrected chi connectivity index (χ2v) is 6.30. The maximum atomic E-state index is 13.0. The largest absolute Gasteiger partial charge is 0.274 e. The highest BCUT2D eigenvalue weighted by Crippen LogP contribution is 2.33. The van der Waals surface area contributed by atoms with Crippen LogP contribution in [0.3, 0.4) is 0 Å². The predicted molar refractivity (Wildman–Crippen MR) is 102 cm³/mol. The van der Waals surface area contributed by atoms with Crippen molar-refractivity contribution in [3.05, 3.63) is 84.4 Å². The number of carbonyl (C=O) groups excluding carboxylic acids is 1. The summed E-state index contributed by atoms with van der Waals surface area (Å²) in [7, 11) is 0. The van der Waals surface area contributed by atoms with E-state index in [4.69, 9.17) is 0 Å². The molecule has 5 nitrogen and oxygen atoms in total. The van der Waals surface area contributed by atoms with Crippen LogP contribution in [0.25, 0.3) is 21.5 Å². The van der Waals surface area contributed by atoms with Crippen LogP contribution in [0.15, 0.2) is 78.9 Å². The summed E-state index contributed by atoms with van der Waals surface area (Å²) in [6.45, 7) is 0. The summed E-state index contributed by atoms with van der Waals surface area (Å²) in [5, 5.41) is 16.6. The number of nitrogens with zero attached hydrogens (tertiary/aromatic N) is 2. The van der Waals surface area contributed by atoms with E-state index in [2.05, 4.69) is 29.8 Å². The summed E-state index contributed by atoms with van der Waals surface area (Å²) >= 11 is 0. The van der Waals surface area contributed by atoms with Crippen LogP contribution in [-0.2, 0) is 0 Å². The Balaban J connectivity index is 1.59. The van der Waals surface area contributed by atoms with E-state index >= 15 is 0 Å². The number of benzene rings is 4. The van der Waals surface area contributed by atoms with Gasteiger partial charge >= 0.3 is 0 Å². The van der Waals surface area contributed by atoms with Crippen LogP contribution < -0.4 is 15.7 Å². The van der Waals surface area contributed by atoms with E-state index < -0.39 is 0 Å². The van der Waals surface area contributed by atoms with Gasteiger partial charge in [-0.15, -0.1) is 5.53 Å². The normalized spacial score (nSPS) is 13.4. The van der Waals surface area contributed by atoms with Crippen LogP contribution in [0.1, 0.15) is 10.4 Å². The molecule has 0 atom stereocenters. The van der Waals surface area contributed by atoms with Crippen LogP contribution in [0.5, 0.6) is 0 Å². The summed E-state index contributed by atoms with van der Waals surface area (Å²) in [4.78, 5) is 13.0. The van der Waals surface area contributed by atoms with Crippen molar-refractivity contribution in [2.75, 3.05) is 10.2 Å². The molecule has 1 aliphatic rings. The molecule has 26 heavy (non-hydrogen) atoms. The van der Waals surface area contributed by atoms with E-state index in [0.29, 0.717) is 16.9 Å². The van der Waals surface area contributed by atoms with Crippen LogP contribution in [0.4, 0.5) is 11.4 Å². The fourth-order valence-electron chi connectivity index (χ4n) is 3.39. The Hall–Kier alpha value is -3.41. The molecule has 0 aliphatic carbocycles. The summed E-state index contributed by atoms with van der Waals surface area (Å²) < 4.78 is 0. The minimum absolute atomic E-state index is 0.232. The number of hydrogen-bond donors (Lipinski definition) is 2. The summed E-state index contributed by atoms with van der Waals surface area (Å²) in [6.07, 6.45) is 0. The van der Waals surface area contributed by atoms with Crippen molar-refractivity contribution in [2.24, 2.45) is 0 Å². The van der Waals surface area contributed by atoms with Crippen molar-refractivity contribution < 1.29 is 10.0 Å². The molecule has 5 rings (SSSR count). The highest BCUT2D eigenvalue weighted by molar-refractivity contribution is 6.10. The number of amides is 1. The Morgan fingerprint density at radius 2 is 1.35 bits per heavy atom. The SMILES string of the molecule is O=C(c1ccc2cc3ccccc3cc2c1)N1NN(O)c2ccccc21. The van der Waals surface area contributed by atoms with Crippen LogP contribution in [-0.4, -0.2) is 11.1 Å². The van der Waals surface area contributed by atoms with E-state index in [0.717, 1.165) is 21.3 Å². The lowest BCUT2D eigenvalue weighted by atomic mass is 10.0. The second-order valence-electron chi connectivity index (χ2n) is 6.30.